The third kappa shape index (κ3) is 2.22. The zero-order chi connectivity index (χ0) is 19.7. The molecule has 6 rings (SSSR count). The first-order chi connectivity index (χ1) is 13.3. The molecule has 1 aliphatic heterocycles. The largest absolute Gasteiger partial charge is 0.393 e. The van der Waals surface area contributed by atoms with Crippen molar-refractivity contribution in [3.8, 4) is 0 Å². The van der Waals surface area contributed by atoms with E-state index in [1.165, 1.54) is 22.3 Å². The van der Waals surface area contributed by atoms with Gasteiger partial charge in [0.25, 0.3) is 0 Å². The molecule has 0 aromatic heterocycles. The molecule has 3 heteroatoms. The predicted octanol–water partition coefficient (Wildman–Crippen LogP) is 4.96. The van der Waals surface area contributed by atoms with Gasteiger partial charge in [0.05, 0.1) is 11.8 Å². The Labute approximate surface area is 166 Å². The summed E-state index contributed by atoms with van der Waals surface area (Å²) in [4.78, 5) is 25.7. The van der Waals surface area contributed by atoms with Crippen LogP contribution in [0.15, 0.2) is 48.5 Å². The summed E-state index contributed by atoms with van der Waals surface area (Å²) in [5.74, 6) is -1.56. The van der Waals surface area contributed by atoms with Gasteiger partial charge in [-0.25, -0.2) is 0 Å². The van der Waals surface area contributed by atoms with E-state index in [4.69, 9.17) is 4.74 Å². The van der Waals surface area contributed by atoms with Gasteiger partial charge < -0.3 is 4.74 Å². The van der Waals surface area contributed by atoms with Crippen LogP contribution in [-0.4, -0.2) is 11.9 Å². The van der Waals surface area contributed by atoms with Crippen LogP contribution in [0.5, 0.6) is 0 Å². The molecule has 0 N–H and O–H groups in total. The molecule has 1 heterocycles. The highest BCUT2D eigenvalue weighted by Gasteiger charge is 2.67. The number of esters is 2. The molecule has 0 radical (unpaired) electrons. The first-order valence-corrected chi connectivity index (χ1v) is 10.3. The Kier molecular flexibility index (Phi) is 3.65. The van der Waals surface area contributed by atoms with E-state index in [1.54, 1.807) is 0 Å². The normalized spacial score (nSPS) is 29.9. The van der Waals surface area contributed by atoms with Gasteiger partial charge in [0.2, 0.25) is 0 Å². The second-order valence-electron chi connectivity index (χ2n) is 9.78. The Balaban J connectivity index is 1.75. The zero-order valence-electron chi connectivity index (χ0n) is 16.7. The molecule has 3 aliphatic carbocycles. The molecule has 2 aromatic rings. The summed E-state index contributed by atoms with van der Waals surface area (Å²) < 4.78 is 5.25. The van der Waals surface area contributed by atoms with E-state index in [0.717, 1.165) is 19.3 Å². The van der Waals surface area contributed by atoms with Crippen molar-refractivity contribution in [1.82, 2.24) is 0 Å². The smallest absolute Gasteiger partial charge is 0.318 e. The van der Waals surface area contributed by atoms with Gasteiger partial charge in [-0.05, 0) is 40.5 Å². The lowest BCUT2D eigenvalue weighted by atomic mass is 9.46. The lowest BCUT2D eigenvalue weighted by molar-refractivity contribution is -0.154. The molecule has 1 saturated heterocycles. The highest BCUT2D eigenvalue weighted by molar-refractivity contribution is 6.00. The number of carbonyl (C=O) groups excluding carboxylic acids is 2. The van der Waals surface area contributed by atoms with E-state index in [1.807, 2.05) is 12.1 Å². The first kappa shape index (κ1) is 17.7. The van der Waals surface area contributed by atoms with Crippen molar-refractivity contribution < 1.29 is 14.3 Å². The molecule has 0 saturated carbocycles. The second kappa shape index (κ2) is 5.79. The molecule has 28 heavy (non-hydrogen) atoms. The number of rotatable bonds is 3. The Morgan fingerprint density at radius 2 is 1.46 bits per heavy atom. The van der Waals surface area contributed by atoms with Gasteiger partial charge in [0, 0.05) is 11.3 Å². The Hall–Kier alpha value is -2.42. The van der Waals surface area contributed by atoms with Crippen LogP contribution in [-0.2, 0) is 19.7 Å². The van der Waals surface area contributed by atoms with Crippen molar-refractivity contribution in [2.24, 2.45) is 17.3 Å². The SMILES string of the molecule is CC(C)(C)CCCC12c3ccccc3C(c3ccccc31)C1C(=O)OC(=O)C12. The number of cyclic esters (lactones) is 2. The molecule has 0 spiro atoms. The van der Waals surface area contributed by atoms with Crippen LogP contribution in [0, 0.1) is 17.3 Å². The van der Waals surface area contributed by atoms with Gasteiger partial charge in [-0.3, -0.25) is 9.59 Å². The van der Waals surface area contributed by atoms with Crippen molar-refractivity contribution in [3.05, 3.63) is 70.8 Å². The van der Waals surface area contributed by atoms with Crippen molar-refractivity contribution in [2.45, 2.75) is 51.4 Å². The molecule has 3 nitrogen and oxygen atoms in total. The first-order valence-electron chi connectivity index (χ1n) is 10.3. The number of benzene rings is 2. The number of carbonyl (C=O) groups is 2. The highest BCUT2D eigenvalue weighted by atomic mass is 16.6. The molecule has 2 atom stereocenters. The molecule has 2 bridgehead atoms. The van der Waals surface area contributed by atoms with Crippen molar-refractivity contribution in [3.63, 3.8) is 0 Å². The second-order valence-corrected chi connectivity index (χ2v) is 9.78. The molecular formula is C25H26O3. The van der Waals surface area contributed by atoms with E-state index >= 15 is 0 Å². The standard InChI is InChI=1S/C25H26O3/c1-24(2,3)13-8-14-25-17-11-6-4-9-15(17)19(16-10-5-7-12-18(16)25)20-21(25)23(27)28-22(20)26/h4-7,9-12,19-21H,8,13-14H2,1-3H3. The average molecular weight is 374 g/mol. The summed E-state index contributed by atoms with van der Waals surface area (Å²) in [6, 6.07) is 16.8. The van der Waals surface area contributed by atoms with Crippen LogP contribution in [0.3, 0.4) is 0 Å². The Bertz CT molecular complexity index is 934. The molecule has 144 valence electrons. The van der Waals surface area contributed by atoms with Crippen molar-refractivity contribution >= 4 is 11.9 Å². The summed E-state index contributed by atoms with van der Waals surface area (Å²) in [6.07, 6.45) is 2.93. The van der Waals surface area contributed by atoms with Crippen molar-refractivity contribution in [2.75, 3.05) is 0 Å². The zero-order valence-corrected chi connectivity index (χ0v) is 16.7. The van der Waals surface area contributed by atoms with E-state index in [9.17, 15) is 9.59 Å². The van der Waals surface area contributed by atoms with Crippen LogP contribution in [0.1, 0.15) is 68.2 Å². The van der Waals surface area contributed by atoms with Gasteiger partial charge >= 0.3 is 11.9 Å². The van der Waals surface area contributed by atoms with Gasteiger partial charge in [-0.2, -0.15) is 0 Å². The van der Waals surface area contributed by atoms with Gasteiger partial charge in [-0.1, -0.05) is 75.7 Å². The Morgan fingerprint density at radius 1 is 0.893 bits per heavy atom. The molecule has 2 aromatic carbocycles. The molecule has 1 fully saturated rings. The fraction of sp³-hybridized carbons (Fsp3) is 0.440. The van der Waals surface area contributed by atoms with E-state index in [-0.39, 0.29) is 23.3 Å². The van der Waals surface area contributed by atoms with E-state index in [0.29, 0.717) is 0 Å². The maximum atomic E-state index is 13.0. The lowest BCUT2D eigenvalue weighted by Crippen LogP contribution is -2.53. The minimum absolute atomic E-state index is 0.0826. The molecular weight excluding hydrogens is 348 g/mol. The maximum Gasteiger partial charge on any atom is 0.318 e. The fourth-order valence-electron chi connectivity index (χ4n) is 6.06. The summed E-state index contributed by atoms with van der Waals surface area (Å²) in [5.41, 5.74) is 4.60. The van der Waals surface area contributed by atoms with Gasteiger partial charge in [0.1, 0.15) is 0 Å². The molecule has 2 unspecified atom stereocenters. The highest BCUT2D eigenvalue weighted by Crippen LogP contribution is 2.65. The fourth-order valence-corrected chi connectivity index (χ4v) is 6.06. The number of hydrogen-bond donors (Lipinski definition) is 0. The van der Waals surface area contributed by atoms with Gasteiger partial charge in [-0.15, -0.1) is 0 Å². The van der Waals surface area contributed by atoms with Crippen LogP contribution in [0.25, 0.3) is 0 Å². The number of hydrogen-bond acceptors (Lipinski definition) is 3. The summed E-state index contributed by atoms with van der Waals surface area (Å²) in [5, 5.41) is 0. The Morgan fingerprint density at radius 3 is 2.04 bits per heavy atom. The maximum absolute atomic E-state index is 13.0. The third-order valence-electron chi connectivity index (χ3n) is 7.03. The van der Waals surface area contributed by atoms with E-state index < -0.39 is 17.3 Å². The molecule has 0 amide bonds. The van der Waals surface area contributed by atoms with E-state index in [2.05, 4.69) is 57.2 Å². The predicted molar refractivity (Wildman–Crippen MR) is 107 cm³/mol. The van der Waals surface area contributed by atoms with Crippen LogP contribution in [0.2, 0.25) is 0 Å². The van der Waals surface area contributed by atoms with Crippen LogP contribution < -0.4 is 0 Å². The van der Waals surface area contributed by atoms with Crippen LogP contribution in [0.4, 0.5) is 0 Å². The minimum Gasteiger partial charge on any atom is -0.393 e. The monoisotopic (exact) mass is 374 g/mol. The summed E-state index contributed by atoms with van der Waals surface area (Å²) in [7, 11) is 0. The topological polar surface area (TPSA) is 43.4 Å². The average Bonchev–Trinajstić information content (AvgIpc) is 2.96. The summed E-state index contributed by atoms with van der Waals surface area (Å²) in [6.45, 7) is 6.75. The number of ether oxygens (including phenoxy) is 1. The lowest BCUT2D eigenvalue weighted by Gasteiger charge is -2.54. The van der Waals surface area contributed by atoms with Crippen molar-refractivity contribution in [1.29, 1.82) is 0 Å². The van der Waals surface area contributed by atoms with Gasteiger partial charge in [0.15, 0.2) is 0 Å². The molecule has 4 aliphatic rings. The third-order valence-corrected chi connectivity index (χ3v) is 7.03. The quantitative estimate of drug-likeness (QED) is 0.563. The summed E-state index contributed by atoms with van der Waals surface area (Å²) >= 11 is 0. The van der Waals surface area contributed by atoms with Crippen LogP contribution >= 0.6 is 0 Å². The minimum atomic E-state index is -0.471.